The molecule has 0 aromatic carbocycles. The van der Waals surface area contributed by atoms with Gasteiger partial charge in [-0.3, -0.25) is 0 Å². The molecule has 0 aliphatic carbocycles. The Morgan fingerprint density at radius 1 is 1.36 bits per heavy atom. The van der Waals surface area contributed by atoms with Crippen LogP contribution in [0, 0.1) is 0 Å². The second kappa shape index (κ2) is 4.19. The Bertz CT molecular complexity index is 189. The number of aliphatic hydroxyl groups excluding tert-OH is 1. The Morgan fingerprint density at radius 2 is 2.21 bits per heavy atom. The van der Waals surface area contributed by atoms with Crippen LogP contribution >= 0.6 is 0 Å². The van der Waals surface area contributed by atoms with Gasteiger partial charge in [0, 0.05) is 6.42 Å². The first-order valence-corrected chi connectivity index (χ1v) is 6.12. The van der Waals surface area contributed by atoms with Gasteiger partial charge in [0.25, 0.3) is 0 Å². The van der Waals surface area contributed by atoms with Crippen molar-refractivity contribution in [3.63, 3.8) is 0 Å². The molecule has 0 unspecified atom stereocenters. The summed E-state index contributed by atoms with van der Waals surface area (Å²) in [6.07, 6.45) is 9.54. The average Bonchev–Trinajstić information content (AvgIpc) is 2.70. The van der Waals surface area contributed by atoms with Crippen LogP contribution in [0.5, 0.6) is 0 Å². The van der Waals surface area contributed by atoms with E-state index in [0.717, 1.165) is 12.8 Å². The van der Waals surface area contributed by atoms with Crippen LogP contribution in [0.2, 0.25) is 0 Å². The van der Waals surface area contributed by atoms with Crippen molar-refractivity contribution in [2.45, 2.75) is 76.1 Å². The summed E-state index contributed by atoms with van der Waals surface area (Å²) >= 11 is 0. The van der Waals surface area contributed by atoms with Gasteiger partial charge in [0.2, 0.25) is 0 Å². The Balaban J connectivity index is 1.74. The molecule has 2 nitrogen and oxygen atoms in total. The van der Waals surface area contributed by atoms with E-state index in [1.165, 1.54) is 38.5 Å². The van der Waals surface area contributed by atoms with E-state index in [1.807, 2.05) is 0 Å². The molecule has 0 aromatic heterocycles. The van der Waals surface area contributed by atoms with Crippen LogP contribution in [0.4, 0.5) is 0 Å². The number of aliphatic hydroxyl groups is 1. The molecule has 3 atom stereocenters. The van der Waals surface area contributed by atoms with Gasteiger partial charge < -0.3 is 9.84 Å². The molecule has 2 bridgehead atoms. The third kappa shape index (κ3) is 1.96. The van der Waals surface area contributed by atoms with Crippen molar-refractivity contribution in [2.24, 2.45) is 0 Å². The molecule has 0 amide bonds. The highest BCUT2D eigenvalue weighted by Crippen LogP contribution is 2.46. The Kier molecular flexibility index (Phi) is 3.13. The minimum atomic E-state index is -0.171. The fourth-order valence-electron chi connectivity index (χ4n) is 2.94. The molecule has 2 saturated heterocycles. The molecule has 0 radical (unpaired) electrons. The quantitative estimate of drug-likeness (QED) is 0.688. The van der Waals surface area contributed by atoms with E-state index in [9.17, 15) is 5.11 Å². The van der Waals surface area contributed by atoms with Crippen LogP contribution in [0.3, 0.4) is 0 Å². The first kappa shape index (κ1) is 10.4. The third-order valence-electron chi connectivity index (χ3n) is 3.78. The number of fused-ring (bicyclic) bond motifs is 2. The van der Waals surface area contributed by atoms with Gasteiger partial charge in [-0.15, -0.1) is 0 Å². The number of unbranched alkanes of at least 4 members (excludes halogenated alkanes) is 3. The maximum absolute atomic E-state index is 9.66. The van der Waals surface area contributed by atoms with Gasteiger partial charge in [-0.25, -0.2) is 0 Å². The van der Waals surface area contributed by atoms with Crippen molar-refractivity contribution in [1.29, 1.82) is 0 Å². The van der Waals surface area contributed by atoms with E-state index in [2.05, 4.69) is 6.92 Å². The van der Waals surface area contributed by atoms with Crippen molar-refractivity contribution >= 4 is 0 Å². The van der Waals surface area contributed by atoms with Crippen LogP contribution in [0.15, 0.2) is 0 Å². The molecule has 2 aliphatic heterocycles. The second-order valence-corrected chi connectivity index (χ2v) is 4.96. The van der Waals surface area contributed by atoms with Crippen molar-refractivity contribution in [2.75, 3.05) is 0 Å². The predicted molar refractivity (Wildman–Crippen MR) is 56.2 cm³/mol. The number of ether oxygens (including phenoxy) is 1. The van der Waals surface area contributed by atoms with E-state index in [4.69, 9.17) is 4.74 Å². The summed E-state index contributed by atoms with van der Waals surface area (Å²) in [6, 6.07) is 0. The van der Waals surface area contributed by atoms with Crippen molar-refractivity contribution in [1.82, 2.24) is 0 Å². The molecular formula is C12H22O2. The van der Waals surface area contributed by atoms with Crippen LogP contribution in [-0.4, -0.2) is 22.9 Å². The summed E-state index contributed by atoms with van der Waals surface area (Å²) in [5.41, 5.74) is 0.0812. The van der Waals surface area contributed by atoms with Crippen LogP contribution in [-0.2, 0) is 4.74 Å². The Morgan fingerprint density at radius 3 is 2.79 bits per heavy atom. The van der Waals surface area contributed by atoms with Crippen LogP contribution in [0.1, 0.15) is 58.3 Å². The second-order valence-electron chi connectivity index (χ2n) is 4.96. The molecule has 2 fully saturated rings. The molecule has 1 N–H and O–H groups in total. The average molecular weight is 198 g/mol. The molecule has 0 spiro atoms. The highest BCUT2D eigenvalue weighted by Gasteiger charge is 2.50. The molecule has 82 valence electrons. The van der Waals surface area contributed by atoms with E-state index in [0.29, 0.717) is 0 Å². The van der Waals surface area contributed by atoms with E-state index >= 15 is 0 Å². The summed E-state index contributed by atoms with van der Waals surface area (Å²) in [5.74, 6) is 0. The van der Waals surface area contributed by atoms with E-state index in [1.54, 1.807) is 0 Å². The van der Waals surface area contributed by atoms with Crippen molar-refractivity contribution in [3.05, 3.63) is 0 Å². The lowest BCUT2D eigenvalue weighted by atomic mass is 9.83. The predicted octanol–water partition coefficient (Wildman–Crippen LogP) is 2.64. The number of hydrogen-bond donors (Lipinski definition) is 1. The van der Waals surface area contributed by atoms with E-state index in [-0.39, 0.29) is 17.8 Å². The van der Waals surface area contributed by atoms with Gasteiger partial charge in [-0.2, -0.15) is 0 Å². The Labute approximate surface area is 86.6 Å². The zero-order chi connectivity index (χ0) is 10.0. The molecule has 0 saturated carbocycles. The lowest BCUT2D eigenvalue weighted by Crippen LogP contribution is -2.28. The minimum absolute atomic E-state index is 0.0812. The van der Waals surface area contributed by atoms with Gasteiger partial charge in [-0.05, 0) is 19.3 Å². The zero-order valence-corrected chi connectivity index (χ0v) is 9.17. The molecular weight excluding hydrogens is 176 g/mol. The topological polar surface area (TPSA) is 29.5 Å². The maximum atomic E-state index is 9.66. The SMILES string of the molecule is CCCCCC[C@@]12CC[C@@H](O1)[C@@H](O)C2. The Hall–Kier alpha value is -0.0800. The first-order chi connectivity index (χ1) is 6.76. The van der Waals surface area contributed by atoms with Gasteiger partial charge >= 0.3 is 0 Å². The number of hydrogen-bond acceptors (Lipinski definition) is 2. The monoisotopic (exact) mass is 198 g/mol. The summed E-state index contributed by atoms with van der Waals surface area (Å²) in [5, 5.41) is 9.66. The highest BCUT2D eigenvalue weighted by atomic mass is 16.5. The van der Waals surface area contributed by atoms with E-state index < -0.39 is 0 Å². The zero-order valence-electron chi connectivity index (χ0n) is 9.17. The summed E-state index contributed by atoms with van der Waals surface area (Å²) in [4.78, 5) is 0. The normalized spacial score (nSPS) is 40.7. The maximum Gasteiger partial charge on any atom is 0.0843 e. The van der Waals surface area contributed by atoms with Crippen molar-refractivity contribution in [3.8, 4) is 0 Å². The van der Waals surface area contributed by atoms with Gasteiger partial charge in [0.1, 0.15) is 0 Å². The molecule has 2 aliphatic rings. The largest absolute Gasteiger partial charge is 0.390 e. The summed E-state index contributed by atoms with van der Waals surface area (Å²) in [7, 11) is 0. The van der Waals surface area contributed by atoms with Crippen LogP contribution in [0.25, 0.3) is 0 Å². The standard InChI is InChI=1S/C12H22O2/c1-2-3-4-5-7-12-8-6-11(14-12)10(13)9-12/h10-11,13H,2-9H2,1H3/t10-,11+,12-/m0/s1. The molecule has 2 heteroatoms. The highest BCUT2D eigenvalue weighted by molar-refractivity contribution is 5.00. The summed E-state index contributed by atoms with van der Waals surface area (Å²) in [6.45, 7) is 2.24. The fraction of sp³-hybridized carbons (Fsp3) is 1.00. The molecule has 0 aromatic rings. The number of rotatable bonds is 5. The van der Waals surface area contributed by atoms with Crippen LogP contribution < -0.4 is 0 Å². The smallest absolute Gasteiger partial charge is 0.0843 e. The van der Waals surface area contributed by atoms with Crippen molar-refractivity contribution < 1.29 is 9.84 Å². The lowest BCUT2D eigenvalue weighted by molar-refractivity contribution is -0.00390. The minimum Gasteiger partial charge on any atom is -0.390 e. The molecule has 14 heavy (non-hydrogen) atoms. The first-order valence-electron chi connectivity index (χ1n) is 6.12. The lowest BCUT2D eigenvalue weighted by Gasteiger charge is -2.25. The van der Waals surface area contributed by atoms with Gasteiger partial charge in [-0.1, -0.05) is 32.6 Å². The van der Waals surface area contributed by atoms with Gasteiger partial charge in [0.05, 0.1) is 17.8 Å². The summed E-state index contributed by atoms with van der Waals surface area (Å²) < 4.78 is 5.90. The molecule has 2 rings (SSSR count). The molecule has 2 heterocycles. The third-order valence-corrected chi connectivity index (χ3v) is 3.78. The fourth-order valence-corrected chi connectivity index (χ4v) is 2.94. The van der Waals surface area contributed by atoms with Gasteiger partial charge in [0.15, 0.2) is 0 Å².